The molecule has 230 valence electrons. The summed E-state index contributed by atoms with van der Waals surface area (Å²) >= 11 is 1.94. The van der Waals surface area contributed by atoms with Gasteiger partial charge < -0.3 is 4.74 Å². The van der Waals surface area contributed by atoms with E-state index in [1.165, 1.54) is 82.6 Å². The molecule has 6 aliphatic carbocycles. The monoisotopic (exact) mass is 588 g/mol. The summed E-state index contributed by atoms with van der Waals surface area (Å²) in [5.74, 6) is 3.13. The number of aryl methyl sites for hydroxylation is 1. The number of hydrogen-bond donors (Lipinski definition) is 0. The van der Waals surface area contributed by atoms with E-state index in [2.05, 4.69) is 59.9 Å². The number of carbonyl (C=O) groups excluding carboxylic acids is 1. The van der Waals surface area contributed by atoms with Gasteiger partial charge in [0.25, 0.3) is 0 Å². The topological polar surface area (TPSA) is 26.3 Å². The van der Waals surface area contributed by atoms with Gasteiger partial charge in [-0.3, -0.25) is 4.79 Å². The molecule has 2 heterocycles. The molecule has 3 heteroatoms. The number of ether oxygens (including phenoxy) is 1. The van der Waals surface area contributed by atoms with E-state index in [-0.39, 0.29) is 10.8 Å². The van der Waals surface area contributed by atoms with Crippen LogP contribution in [-0.2, 0) is 22.4 Å². The van der Waals surface area contributed by atoms with Gasteiger partial charge >= 0.3 is 0 Å². The Hall–Kier alpha value is -0.930. The quantitative estimate of drug-likeness (QED) is 0.305. The lowest BCUT2D eigenvalue weighted by Gasteiger charge is -2.73. The number of hydrogen-bond acceptors (Lipinski definition) is 3. The molecule has 1 aromatic rings. The predicted octanol–water partition coefficient (Wildman–Crippen LogP) is 10.1. The third-order valence-corrected chi connectivity index (χ3v) is 17.2. The molecule has 6 fully saturated rings. The highest BCUT2D eigenvalue weighted by atomic mass is 32.1. The van der Waals surface area contributed by atoms with Crippen LogP contribution in [0.15, 0.2) is 11.0 Å². The Morgan fingerprint density at radius 3 is 2.43 bits per heavy atom. The molecule has 1 aromatic heterocycles. The average molecular weight is 589 g/mol. The molecule has 0 unspecified atom stereocenters. The van der Waals surface area contributed by atoms with E-state index in [9.17, 15) is 4.79 Å². The number of rotatable bonds is 1. The third kappa shape index (κ3) is 3.45. The number of thiophene rings is 1. The number of fused-ring (bicyclic) bond motifs is 6. The molecular weight excluding hydrogens is 532 g/mol. The highest BCUT2D eigenvalue weighted by Gasteiger charge is 2.73. The van der Waals surface area contributed by atoms with Gasteiger partial charge in [-0.2, -0.15) is 0 Å². The molecule has 0 N–H and O–H groups in total. The molecule has 0 aromatic carbocycles. The van der Waals surface area contributed by atoms with Crippen molar-refractivity contribution in [2.75, 3.05) is 6.61 Å². The van der Waals surface area contributed by atoms with E-state index in [0.29, 0.717) is 45.4 Å². The molecule has 8 rings (SSSR count). The first kappa shape index (κ1) is 28.5. The van der Waals surface area contributed by atoms with Gasteiger partial charge in [0.2, 0.25) is 0 Å². The molecule has 0 spiro atoms. The van der Waals surface area contributed by atoms with E-state index in [4.69, 9.17) is 4.74 Å². The average Bonchev–Trinajstić information content (AvgIpc) is 3.50. The Balaban J connectivity index is 1.18. The van der Waals surface area contributed by atoms with Crippen molar-refractivity contribution in [3.05, 3.63) is 27.0 Å². The summed E-state index contributed by atoms with van der Waals surface area (Å²) in [6.07, 6.45) is 19.5. The van der Waals surface area contributed by atoms with Gasteiger partial charge in [-0.1, -0.05) is 48.5 Å². The SMILES string of the molecule is CC1(C)CC[C@]23CC[C@]4(C)[C@H](CC[C@@H]5[C@@]6(C)C/C(=C\c7csc8c7CCCC8)C(=O)C(C)(C)[C@H]6CC[C@]54C)[C@@H]2[C@H]1OC3. The first-order valence-corrected chi connectivity index (χ1v) is 18.6. The van der Waals surface area contributed by atoms with Gasteiger partial charge in [0, 0.05) is 10.3 Å². The molecule has 42 heavy (non-hydrogen) atoms. The zero-order valence-electron chi connectivity index (χ0n) is 27.7. The highest BCUT2D eigenvalue weighted by molar-refractivity contribution is 7.10. The number of carbonyl (C=O) groups is 1. The Morgan fingerprint density at radius 2 is 1.62 bits per heavy atom. The molecule has 0 radical (unpaired) electrons. The van der Waals surface area contributed by atoms with Gasteiger partial charge in [0.15, 0.2) is 5.78 Å². The molecule has 1 aliphatic heterocycles. The Morgan fingerprint density at radius 1 is 0.857 bits per heavy atom. The van der Waals surface area contributed by atoms with Crippen molar-refractivity contribution in [2.24, 2.45) is 56.2 Å². The highest BCUT2D eigenvalue weighted by Crippen LogP contribution is 2.78. The van der Waals surface area contributed by atoms with Crippen LogP contribution < -0.4 is 0 Å². The van der Waals surface area contributed by atoms with Crippen LogP contribution in [0.5, 0.6) is 0 Å². The Bertz CT molecular complexity index is 1350. The summed E-state index contributed by atoms with van der Waals surface area (Å²) in [5, 5.41) is 2.37. The van der Waals surface area contributed by atoms with Crippen molar-refractivity contribution in [1.29, 1.82) is 0 Å². The van der Waals surface area contributed by atoms with E-state index in [1.807, 2.05) is 11.3 Å². The van der Waals surface area contributed by atoms with Gasteiger partial charge in [-0.05, 0) is 162 Å². The summed E-state index contributed by atoms with van der Waals surface area (Å²) in [5.41, 5.74) is 5.40. The molecular formula is C39H56O2S. The lowest BCUT2D eigenvalue weighted by atomic mass is 9.31. The predicted molar refractivity (Wildman–Crippen MR) is 174 cm³/mol. The molecule has 0 amide bonds. The molecule has 2 bridgehead atoms. The summed E-state index contributed by atoms with van der Waals surface area (Å²) in [7, 11) is 0. The maximum absolute atomic E-state index is 14.3. The minimum absolute atomic E-state index is 0.177. The summed E-state index contributed by atoms with van der Waals surface area (Å²) in [6, 6.07) is 0. The third-order valence-electron chi connectivity index (χ3n) is 16.1. The minimum atomic E-state index is -0.287. The lowest BCUT2D eigenvalue weighted by molar-refractivity contribution is -0.236. The van der Waals surface area contributed by atoms with Crippen LogP contribution in [0.25, 0.3) is 6.08 Å². The van der Waals surface area contributed by atoms with Crippen molar-refractivity contribution >= 4 is 23.2 Å². The van der Waals surface area contributed by atoms with Gasteiger partial charge in [0.1, 0.15) is 0 Å². The van der Waals surface area contributed by atoms with Crippen LogP contribution in [0.4, 0.5) is 0 Å². The molecule has 7 aliphatic rings. The summed E-state index contributed by atoms with van der Waals surface area (Å²) in [4.78, 5) is 15.9. The normalized spacial score (nSPS) is 49.5. The number of ketones is 1. The smallest absolute Gasteiger partial charge is 0.164 e. The zero-order chi connectivity index (χ0) is 29.5. The van der Waals surface area contributed by atoms with Crippen molar-refractivity contribution in [1.82, 2.24) is 0 Å². The Labute approximate surface area is 259 Å². The van der Waals surface area contributed by atoms with Crippen LogP contribution >= 0.6 is 11.3 Å². The van der Waals surface area contributed by atoms with Crippen LogP contribution in [0.3, 0.4) is 0 Å². The second-order valence-corrected chi connectivity index (χ2v) is 19.4. The van der Waals surface area contributed by atoms with Crippen molar-refractivity contribution in [2.45, 2.75) is 138 Å². The molecule has 9 atom stereocenters. The van der Waals surface area contributed by atoms with Crippen LogP contribution in [-0.4, -0.2) is 18.5 Å². The number of allylic oxidation sites excluding steroid dienone is 1. The van der Waals surface area contributed by atoms with E-state index < -0.39 is 0 Å². The molecule has 1 saturated heterocycles. The van der Waals surface area contributed by atoms with E-state index in [1.54, 1.807) is 10.4 Å². The number of Topliss-reactive ketones (excluding diaryl/α,β-unsaturated/α-hetero) is 1. The van der Waals surface area contributed by atoms with Gasteiger partial charge in [0.05, 0.1) is 12.7 Å². The van der Waals surface area contributed by atoms with E-state index >= 15 is 0 Å². The fraction of sp³-hybridized carbons (Fsp3) is 0.821. The maximum atomic E-state index is 14.3. The fourth-order valence-corrected chi connectivity index (χ4v) is 14.9. The minimum Gasteiger partial charge on any atom is -0.377 e. The first-order valence-electron chi connectivity index (χ1n) is 17.7. The maximum Gasteiger partial charge on any atom is 0.164 e. The van der Waals surface area contributed by atoms with E-state index in [0.717, 1.165) is 30.4 Å². The second-order valence-electron chi connectivity index (χ2n) is 18.5. The van der Waals surface area contributed by atoms with Crippen LogP contribution in [0.1, 0.15) is 135 Å². The van der Waals surface area contributed by atoms with Crippen molar-refractivity contribution in [3.8, 4) is 0 Å². The van der Waals surface area contributed by atoms with Crippen molar-refractivity contribution in [3.63, 3.8) is 0 Å². The van der Waals surface area contributed by atoms with Gasteiger partial charge in [-0.25, -0.2) is 0 Å². The molecule has 5 saturated carbocycles. The van der Waals surface area contributed by atoms with Crippen LogP contribution in [0, 0.1) is 56.2 Å². The van der Waals surface area contributed by atoms with Gasteiger partial charge in [-0.15, -0.1) is 11.3 Å². The summed E-state index contributed by atoms with van der Waals surface area (Å²) < 4.78 is 6.80. The fourth-order valence-electron chi connectivity index (χ4n) is 13.8. The standard InChI is InChI=1S/C39H56O2S/c1-34(2)16-18-39-19-17-37(6)27(31(39)33(34)41-23-39)12-13-30-36(5)21-24(20-25-22-42-28-11-9-8-10-26(25)28)32(40)35(3,4)29(36)14-15-38(30,37)7/h20,22,27,29-31,33H,8-19,21,23H2,1-7H3/b24-20+/t27-,29-,30-,31-,33-,36+,37-,38-,39-/m1/s1. The second kappa shape index (κ2) is 8.86. The first-order chi connectivity index (χ1) is 19.8. The summed E-state index contributed by atoms with van der Waals surface area (Å²) in [6.45, 7) is 18.8. The van der Waals surface area contributed by atoms with Crippen LogP contribution in [0.2, 0.25) is 0 Å². The van der Waals surface area contributed by atoms with Crippen molar-refractivity contribution < 1.29 is 9.53 Å². The Kier molecular flexibility index (Phi) is 6.02. The largest absolute Gasteiger partial charge is 0.377 e. The zero-order valence-corrected chi connectivity index (χ0v) is 28.5. The molecule has 2 nitrogen and oxygen atoms in total. The lowest BCUT2D eigenvalue weighted by Crippen LogP contribution is -2.67.